The summed E-state index contributed by atoms with van der Waals surface area (Å²) in [6, 6.07) is 4.47. The van der Waals surface area contributed by atoms with Crippen molar-refractivity contribution in [2.75, 3.05) is 5.73 Å². The van der Waals surface area contributed by atoms with Crippen molar-refractivity contribution in [3.8, 4) is 5.75 Å². The van der Waals surface area contributed by atoms with Crippen molar-refractivity contribution in [2.24, 2.45) is 0 Å². The number of nitrogen functional groups attached to an aromatic ring is 1. The molecule has 1 aromatic carbocycles. The third-order valence-corrected chi connectivity index (χ3v) is 1.98. The van der Waals surface area contributed by atoms with Crippen molar-refractivity contribution >= 4 is 5.69 Å². The van der Waals surface area contributed by atoms with Crippen LogP contribution in [0.5, 0.6) is 5.75 Å². The van der Waals surface area contributed by atoms with Gasteiger partial charge in [-0.2, -0.15) is 0 Å². The largest absolute Gasteiger partial charge is 0.488 e. The number of hydrogen-bond acceptors (Lipinski definition) is 2. The van der Waals surface area contributed by atoms with Gasteiger partial charge in [-0.15, -0.1) is 0 Å². The van der Waals surface area contributed by atoms with Gasteiger partial charge < -0.3 is 10.5 Å². The Morgan fingerprint density at radius 3 is 2.79 bits per heavy atom. The van der Waals surface area contributed by atoms with Gasteiger partial charge in [0.05, 0.1) is 6.10 Å². The minimum absolute atomic E-state index is 0.0399. The van der Waals surface area contributed by atoms with Gasteiger partial charge in [0.15, 0.2) is 11.6 Å². The summed E-state index contributed by atoms with van der Waals surface area (Å²) in [7, 11) is 0. The molecular formula is C11H16FNO. The van der Waals surface area contributed by atoms with Crippen LogP contribution in [0, 0.1) is 5.82 Å². The van der Waals surface area contributed by atoms with Crippen LogP contribution >= 0.6 is 0 Å². The first-order chi connectivity index (χ1) is 6.63. The van der Waals surface area contributed by atoms with Crippen LogP contribution in [-0.2, 0) is 0 Å². The predicted octanol–water partition coefficient (Wildman–Crippen LogP) is 2.98. The molecule has 1 aromatic rings. The molecule has 78 valence electrons. The van der Waals surface area contributed by atoms with Crippen molar-refractivity contribution in [2.45, 2.75) is 32.8 Å². The van der Waals surface area contributed by atoms with Crippen LogP contribution < -0.4 is 10.5 Å². The van der Waals surface area contributed by atoms with Gasteiger partial charge in [-0.25, -0.2) is 4.39 Å². The Morgan fingerprint density at radius 1 is 1.50 bits per heavy atom. The topological polar surface area (TPSA) is 35.2 Å². The molecule has 3 heteroatoms. The zero-order valence-electron chi connectivity index (χ0n) is 8.59. The molecule has 0 aliphatic rings. The first-order valence-electron chi connectivity index (χ1n) is 4.85. The van der Waals surface area contributed by atoms with Crippen LogP contribution in [0.4, 0.5) is 10.1 Å². The van der Waals surface area contributed by atoms with E-state index in [1.807, 2.05) is 6.92 Å². The van der Waals surface area contributed by atoms with E-state index in [-0.39, 0.29) is 11.9 Å². The van der Waals surface area contributed by atoms with Crippen LogP contribution in [0.3, 0.4) is 0 Å². The van der Waals surface area contributed by atoms with E-state index in [0.29, 0.717) is 5.69 Å². The van der Waals surface area contributed by atoms with E-state index < -0.39 is 5.82 Å². The third-order valence-electron chi connectivity index (χ3n) is 1.98. The molecule has 0 aromatic heterocycles. The number of benzene rings is 1. The van der Waals surface area contributed by atoms with E-state index in [1.54, 1.807) is 12.1 Å². The first kappa shape index (κ1) is 10.8. The minimum atomic E-state index is -0.395. The van der Waals surface area contributed by atoms with Gasteiger partial charge in [0.1, 0.15) is 0 Å². The highest BCUT2D eigenvalue weighted by Crippen LogP contribution is 2.21. The Balaban J connectivity index is 2.67. The summed E-state index contributed by atoms with van der Waals surface area (Å²) in [5, 5.41) is 0. The molecule has 0 amide bonds. The lowest BCUT2D eigenvalue weighted by atomic mass is 10.2. The smallest absolute Gasteiger partial charge is 0.167 e. The highest BCUT2D eigenvalue weighted by atomic mass is 19.1. The molecule has 2 N–H and O–H groups in total. The molecular weight excluding hydrogens is 181 g/mol. The molecule has 0 saturated carbocycles. The van der Waals surface area contributed by atoms with Crippen LogP contribution in [0.25, 0.3) is 0 Å². The zero-order valence-corrected chi connectivity index (χ0v) is 8.59. The molecule has 0 fully saturated rings. The molecule has 1 rings (SSSR count). The Kier molecular flexibility index (Phi) is 3.74. The molecule has 0 aliphatic carbocycles. The molecule has 1 unspecified atom stereocenters. The maximum atomic E-state index is 13.2. The average molecular weight is 197 g/mol. The molecule has 0 radical (unpaired) electrons. The monoisotopic (exact) mass is 197 g/mol. The molecule has 2 nitrogen and oxygen atoms in total. The van der Waals surface area contributed by atoms with E-state index in [1.165, 1.54) is 6.07 Å². The number of halogens is 1. The van der Waals surface area contributed by atoms with Gasteiger partial charge in [0.2, 0.25) is 0 Å². The fourth-order valence-electron chi connectivity index (χ4n) is 1.29. The van der Waals surface area contributed by atoms with Crippen molar-refractivity contribution in [3.05, 3.63) is 24.0 Å². The molecule has 0 saturated heterocycles. The normalized spacial score (nSPS) is 12.5. The van der Waals surface area contributed by atoms with Crippen LogP contribution in [0.2, 0.25) is 0 Å². The van der Waals surface area contributed by atoms with Crippen molar-refractivity contribution in [3.63, 3.8) is 0 Å². The summed E-state index contributed by atoms with van der Waals surface area (Å²) in [4.78, 5) is 0. The van der Waals surface area contributed by atoms with Gasteiger partial charge in [0, 0.05) is 11.8 Å². The summed E-state index contributed by atoms with van der Waals surface area (Å²) in [6.07, 6.45) is 1.99. The fraction of sp³-hybridized carbons (Fsp3) is 0.455. The average Bonchev–Trinajstić information content (AvgIpc) is 2.10. The molecule has 0 aliphatic heterocycles. The number of anilines is 1. The van der Waals surface area contributed by atoms with E-state index in [9.17, 15) is 4.39 Å². The Morgan fingerprint density at radius 2 is 2.21 bits per heavy atom. The van der Waals surface area contributed by atoms with Crippen molar-refractivity contribution < 1.29 is 9.13 Å². The zero-order chi connectivity index (χ0) is 10.6. The summed E-state index contributed by atoms with van der Waals surface area (Å²) in [6.45, 7) is 4.00. The highest BCUT2D eigenvalue weighted by molar-refractivity contribution is 5.42. The number of hydrogen-bond donors (Lipinski definition) is 1. The van der Waals surface area contributed by atoms with Gasteiger partial charge in [0.25, 0.3) is 0 Å². The standard InChI is InChI=1S/C11H16FNO/c1-3-4-8(2)14-11-6-5-9(13)7-10(11)12/h5-8H,3-4,13H2,1-2H3. The fourth-order valence-corrected chi connectivity index (χ4v) is 1.29. The Labute approximate surface area is 83.9 Å². The Bertz CT molecular complexity index is 301. The lowest BCUT2D eigenvalue weighted by molar-refractivity contribution is 0.201. The molecule has 14 heavy (non-hydrogen) atoms. The van der Waals surface area contributed by atoms with E-state index >= 15 is 0 Å². The summed E-state index contributed by atoms with van der Waals surface area (Å²) in [5.41, 5.74) is 5.84. The first-order valence-corrected chi connectivity index (χ1v) is 4.85. The van der Waals surface area contributed by atoms with Crippen LogP contribution in [0.1, 0.15) is 26.7 Å². The molecule has 1 atom stereocenters. The van der Waals surface area contributed by atoms with E-state index in [0.717, 1.165) is 12.8 Å². The summed E-state index contributed by atoms with van der Waals surface area (Å²) >= 11 is 0. The number of nitrogens with two attached hydrogens (primary N) is 1. The summed E-state index contributed by atoms with van der Waals surface area (Å²) in [5.74, 6) is -0.117. The maximum absolute atomic E-state index is 13.2. The van der Waals surface area contributed by atoms with Crippen molar-refractivity contribution in [1.82, 2.24) is 0 Å². The highest BCUT2D eigenvalue weighted by Gasteiger charge is 2.07. The molecule has 0 bridgehead atoms. The van der Waals surface area contributed by atoms with Crippen LogP contribution in [0.15, 0.2) is 18.2 Å². The SMILES string of the molecule is CCCC(C)Oc1ccc(N)cc1F. The third kappa shape index (κ3) is 2.91. The minimum Gasteiger partial charge on any atom is -0.488 e. The number of rotatable bonds is 4. The van der Waals surface area contributed by atoms with Gasteiger partial charge in [-0.3, -0.25) is 0 Å². The second kappa shape index (κ2) is 4.84. The maximum Gasteiger partial charge on any atom is 0.167 e. The predicted molar refractivity (Wildman–Crippen MR) is 55.8 cm³/mol. The molecule has 0 spiro atoms. The second-order valence-electron chi connectivity index (χ2n) is 3.41. The van der Waals surface area contributed by atoms with E-state index in [2.05, 4.69) is 6.92 Å². The Hall–Kier alpha value is -1.25. The van der Waals surface area contributed by atoms with Gasteiger partial charge >= 0.3 is 0 Å². The lowest BCUT2D eigenvalue weighted by Gasteiger charge is -2.14. The second-order valence-corrected chi connectivity index (χ2v) is 3.41. The lowest BCUT2D eigenvalue weighted by Crippen LogP contribution is -2.11. The summed E-state index contributed by atoms with van der Waals surface area (Å²) < 4.78 is 18.7. The van der Waals surface area contributed by atoms with E-state index in [4.69, 9.17) is 10.5 Å². The number of ether oxygens (including phenoxy) is 1. The van der Waals surface area contributed by atoms with Crippen LogP contribution in [-0.4, -0.2) is 6.10 Å². The molecule has 0 heterocycles. The van der Waals surface area contributed by atoms with Gasteiger partial charge in [-0.1, -0.05) is 13.3 Å². The van der Waals surface area contributed by atoms with Gasteiger partial charge in [-0.05, 0) is 25.5 Å². The van der Waals surface area contributed by atoms with Crippen molar-refractivity contribution in [1.29, 1.82) is 0 Å². The quantitative estimate of drug-likeness (QED) is 0.753.